The van der Waals surface area contributed by atoms with Gasteiger partial charge in [-0.3, -0.25) is 0 Å². The zero-order chi connectivity index (χ0) is 14.8. The average Bonchev–Trinajstić information content (AvgIpc) is 2.40. The van der Waals surface area contributed by atoms with E-state index < -0.39 is 0 Å². The van der Waals surface area contributed by atoms with Crippen LogP contribution in [0.15, 0.2) is 52.7 Å². The maximum absolute atomic E-state index is 5.24. The molecule has 1 rings (SSSR count). The maximum atomic E-state index is 5.24. The molecule has 0 bridgehead atoms. The normalized spacial score (nSPS) is 11.7. The lowest BCUT2D eigenvalue weighted by atomic mass is 10.1. The van der Waals surface area contributed by atoms with E-state index in [1.807, 2.05) is 12.1 Å². The van der Waals surface area contributed by atoms with Crippen molar-refractivity contribution in [3.63, 3.8) is 0 Å². The molecule has 0 aromatic heterocycles. The molecule has 1 aromatic carbocycles. The number of benzene rings is 1. The highest BCUT2D eigenvalue weighted by molar-refractivity contribution is 5.79. The molecular formula is C18H25NO. The van der Waals surface area contributed by atoms with Crippen LogP contribution in [0.1, 0.15) is 44.7 Å². The SMILES string of the molecule is CC(C)=CCC/C(C)=C/CO/N=C/c1ccc(C)cc1. The van der Waals surface area contributed by atoms with Gasteiger partial charge < -0.3 is 4.84 Å². The highest BCUT2D eigenvalue weighted by atomic mass is 16.6. The summed E-state index contributed by atoms with van der Waals surface area (Å²) in [5, 5.41) is 3.97. The molecule has 2 nitrogen and oxygen atoms in total. The first-order valence-electron chi connectivity index (χ1n) is 7.09. The maximum Gasteiger partial charge on any atom is 0.135 e. The third-order valence-corrected chi connectivity index (χ3v) is 2.95. The van der Waals surface area contributed by atoms with Gasteiger partial charge in [-0.15, -0.1) is 0 Å². The van der Waals surface area contributed by atoms with E-state index in [9.17, 15) is 0 Å². The number of rotatable bonds is 7. The van der Waals surface area contributed by atoms with E-state index in [4.69, 9.17) is 4.84 Å². The molecule has 0 N–H and O–H groups in total. The number of hydrogen-bond donors (Lipinski definition) is 0. The molecule has 2 heteroatoms. The van der Waals surface area contributed by atoms with Crippen molar-refractivity contribution < 1.29 is 4.84 Å². The average molecular weight is 271 g/mol. The van der Waals surface area contributed by atoms with Crippen LogP contribution in [-0.4, -0.2) is 12.8 Å². The fourth-order valence-electron chi connectivity index (χ4n) is 1.66. The number of allylic oxidation sites excluding steroid dienone is 3. The fraction of sp³-hybridized carbons (Fsp3) is 0.389. The first-order chi connectivity index (χ1) is 9.58. The molecule has 0 unspecified atom stereocenters. The molecule has 0 saturated carbocycles. The second-order valence-electron chi connectivity index (χ2n) is 5.31. The summed E-state index contributed by atoms with van der Waals surface area (Å²) in [4.78, 5) is 5.24. The van der Waals surface area contributed by atoms with Crippen LogP contribution in [0.3, 0.4) is 0 Å². The van der Waals surface area contributed by atoms with E-state index in [2.05, 4.69) is 57.1 Å². The standard InChI is InChI=1S/C18H25NO/c1-15(2)6-5-7-16(3)12-13-20-19-14-18-10-8-17(4)9-11-18/h6,8-12,14H,5,7,13H2,1-4H3/b16-12+,19-14+. The van der Waals surface area contributed by atoms with E-state index in [0.717, 1.165) is 18.4 Å². The van der Waals surface area contributed by atoms with Gasteiger partial charge in [0.15, 0.2) is 0 Å². The van der Waals surface area contributed by atoms with Gasteiger partial charge in [0.2, 0.25) is 0 Å². The van der Waals surface area contributed by atoms with Gasteiger partial charge >= 0.3 is 0 Å². The summed E-state index contributed by atoms with van der Waals surface area (Å²) in [5.41, 5.74) is 5.02. The van der Waals surface area contributed by atoms with E-state index in [0.29, 0.717) is 6.61 Å². The van der Waals surface area contributed by atoms with Crippen molar-refractivity contribution in [2.45, 2.75) is 40.5 Å². The molecular weight excluding hydrogens is 246 g/mol. The van der Waals surface area contributed by atoms with Gasteiger partial charge in [0.25, 0.3) is 0 Å². The van der Waals surface area contributed by atoms with Crippen LogP contribution in [0.25, 0.3) is 0 Å². The van der Waals surface area contributed by atoms with Gasteiger partial charge in [-0.05, 0) is 52.2 Å². The number of nitrogens with zero attached hydrogens (tertiary/aromatic N) is 1. The number of hydrogen-bond acceptors (Lipinski definition) is 2. The molecule has 1 aromatic rings. The Morgan fingerprint density at radius 1 is 1.10 bits per heavy atom. The number of aryl methyl sites for hydroxylation is 1. The lowest BCUT2D eigenvalue weighted by Crippen LogP contribution is -1.88. The highest BCUT2D eigenvalue weighted by Gasteiger charge is 1.90. The monoisotopic (exact) mass is 271 g/mol. The molecule has 108 valence electrons. The Hall–Kier alpha value is -1.83. The predicted octanol–water partition coefficient (Wildman–Crippen LogP) is 5.04. The summed E-state index contributed by atoms with van der Waals surface area (Å²) in [6.07, 6.45) is 8.26. The molecule has 0 aliphatic heterocycles. The van der Waals surface area contributed by atoms with Crippen molar-refractivity contribution in [2.75, 3.05) is 6.61 Å². The van der Waals surface area contributed by atoms with E-state index in [1.165, 1.54) is 16.7 Å². The van der Waals surface area contributed by atoms with Gasteiger partial charge in [0.05, 0.1) is 6.21 Å². The van der Waals surface area contributed by atoms with Crippen LogP contribution >= 0.6 is 0 Å². The summed E-state index contributed by atoms with van der Waals surface area (Å²) in [6, 6.07) is 8.19. The van der Waals surface area contributed by atoms with Gasteiger partial charge in [-0.2, -0.15) is 0 Å². The van der Waals surface area contributed by atoms with Crippen molar-refractivity contribution in [3.8, 4) is 0 Å². The quantitative estimate of drug-likeness (QED) is 0.295. The van der Waals surface area contributed by atoms with Crippen molar-refractivity contribution >= 4 is 6.21 Å². The van der Waals surface area contributed by atoms with Crippen molar-refractivity contribution in [3.05, 3.63) is 58.7 Å². The Kier molecular flexibility index (Phi) is 7.41. The molecule has 0 aliphatic rings. The Bertz CT molecular complexity index is 477. The van der Waals surface area contributed by atoms with Crippen LogP contribution in [0, 0.1) is 6.92 Å². The van der Waals surface area contributed by atoms with Crippen LogP contribution in [0.5, 0.6) is 0 Å². The Labute approximate surface area is 122 Å². The molecule has 20 heavy (non-hydrogen) atoms. The highest BCUT2D eigenvalue weighted by Crippen LogP contribution is 2.06. The molecule has 0 spiro atoms. The minimum atomic E-state index is 0.531. The first-order valence-corrected chi connectivity index (χ1v) is 7.09. The van der Waals surface area contributed by atoms with Crippen molar-refractivity contribution in [1.82, 2.24) is 0 Å². The summed E-state index contributed by atoms with van der Waals surface area (Å²) in [7, 11) is 0. The second kappa shape index (κ2) is 9.13. The van der Waals surface area contributed by atoms with E-state index in [1.54, 1.807) is 6.21 Å². The molecule has 0 aliphatic carbocycles. The summed E-state index contributed by atoms with van der Waals surface area (Å²) in [5.74, 6) is 0. The topological polar surface area (TPSA) is 21.6 Å². The van der Waals surface area contributed by atoms with Crippen LogP contribution in [-0.2, 0) is 4.84 Å². The van der Waals surface area contributed by atoms with E-state index in [-0.39, 0.29) is 0 Å². The fourth-order valence-corrected chi connectivity index (χ4v) is 1.66. The Morgan fingerprint density at radius 2 is 1.80 bits per heavy atom. The van der Waals surface area contributed by atoms with Crippen LogP contribution in [0.4, 0.5) is 0 Å². The van der Waals surface area contributed by atoms with Gasteiger partial charge in [0.1, 0.15) is 6.61 Å². The molecule has 0 heterocycles. The third-order valence-electron chi connectivity index (χ3n) is 2.95. The molecule has 0 amide bonds. The van der Waals surface area contributed by atoms with Crippen molar-refractivity contribution in [1.29, 1.82) is 0 Å². The van der Waals surface area contributed by atoms with Crippen molar-refractivity contribution in [2.24, 2.45) is 5.16 Å². The molecule has 0 atom stereocenters. The first kappa shape index (κ1) is 16.2. The Balaban J connectivity index is 2.26. The smallest absolute Gasteiger partial charge is 0.135 e. The minimum absolute atomic E-state index is 0.531. The minimum Gasteiger partial charge on any atom is -0.392 e. The molecule has 0 saturated heterocycles. The van der Waals surface area contributed by atoms with E-state index >= 15 is 0 Å². The number of oxime groups is 1. The Morgan fingerprint density at radius 3 is 2.45 bits per heavy atom. The second-order valence-corrected chi connectivity index (χ2v) is 5.31. The summed E-state index contributed by atoms with van der Waals surface area (Å²) >= 11 is 0. The zero-order valence-corrected chi connectivity index (χ0v) is 13.0. The largest absolute Gasteiger partial charge is 0.392 e. The zero-order valence-electron chi connectivity index (χ0n) is 13.0. The van der Waals surface area contributed by atoms with Crippen LogP contribution in [0.2, 0.25) is 0 Å². The predicted molar refractivity (Wildman–Crippen MR) is 87.1 cm³/mol. The van der Waals surface area contributed by atoms with Gasteiger partial charge in [-0.1, -0.05) is 52.2 Å². The van der Waals surface area contributed by atoms with Crippen LogP contribution < -0.4 is 0 Å². The lowest BCUT2D eigenvalue weighted by Gasteiger charge is -1.99. The summed E-state index contributed by atoms with van der Waals surface area (Å²) in [6.45, 7) is 8.99. The summed E-state index contributed by atoms with van der Waals surface area (Å²) < 4.78 is 0. The van der Waals surface area contributed by atoms with Gasteiger partial charge in [-0.25, -0.2) is 0 Å². The lowest BCUT2D eigenvalue weighted by molar-refractivity contribution is 0.176. The third kappa shape index (κ3) is 7.57. The molecule has 0 radical (unpaired) electrons. The molecule has 0 fully saturated rings. The van der Waals surface area contributed by atoms with Gasteiger partial charge in [0, 0.05) is 0 Å².